The van der Waals surface area contributed by atoms with Crippen LogP contribution in [-0.4, -0.2) is 34.5 Å². The van der Waals surface area contributed by atoms with Crippen molar-refractivity contribution in [1.29, 1.82) is 0 Å². The molecule has 11 heteroatoms. The molecule has 3 aromatic rings. The average molecular weight is 421 g/mol. The molecule has 3 heterocycles. The molecule has 150 valence electrons. The largest absolute Gasteiger partial charge is 0.475 e. The molecule has 4 N–H and O–H groups in total. The number of nitrogens with one attached hydrogen (secondary N) is 2. The maximum Gasteiger partial charge on any atom is 0.276 e. The summed E-state index contributed by atoms with van der Waals surface area (Å²) in [6, 6.07) is 3.86. The molecule has 7 nitrogen and oxygen atoms in total. The minimum absolute atomic E-state index is 0.0317. The number of carbonyl (C=O) groups is 1. The van der Waals surface area contributed by atoms with E-state index in [1.807, 2.05) is 0 Å². The van der Waals surface area contributed by atoms with Crippen LogP contribution in [0, 0.1) is 17.5 Å². The van der Waals surface area contributed by atoms with E-state index in [4.69, 9.17) is 10.5 Å². The molecule has 29 heavy (non-hydrogen) atoms. The van der Waals surface area contributed by atoms with Gasteiger partial charge in [-0.2, -0.15) is 4.37 Å². The standard InChI is InChI=1S/C18H14F3N5O2S/c19-9-2-1-3-10(20)14(9)15-11(21)4-12(22)16(26-15)17(27)25-13-7-24-29-18(13)28-8-5-23-6-8/h1-4,7-8,23H,5-6,22H2,(H,25,27). The number of hydrogen-bond acceptors (Lipinski definition) is 7. The lowest BCUT2D eigenvalue weighted by Gasteiger charge is -2.27. The Morgan fingerprint density at radius 3 is 2.62 bits per heavy atom. The number of halogens is 3. The zero-order chi connectivity index (χ0) is 20.5. The van der Waals surface area contributed by atoms with E-state index in [9.17, 15) is 18.0 Å². The molecule has 1 aliphatic heterocycles. The summed E-state index contributed by atoms with van der Waals surface area (Å²) in [4.78, 5) is 16.5. The number of pyridine rings is 1. The Hall–Kier alpha value is -3.18. The number of nitrogens with zero attached hydrogens (tertiary/aromatic N) is 2. The van der Waals surface area contributed by atoms with Crippen LogP contribution in [-0.2, 0) is 0 Å². The van der Waals surface area contributed by atoms with Crippen LogP contribution in [0.2, 0.25) is 0 Å². The van der Waals surface area contributed by atoms with Crippen molar-refractivity contribution in [2.45, 2.75) is 6.10 Å². The Labute approximate surface area is 166 Å². The van der Waals surface area contributed by atoms with Crippen LogP contribution in [0.1, 0.15) is 10.5 Å². The number of anilines is 2. The zero-order valence-electron chi connectivity index (χ0n) is 14.7. The summed E-state index contributed by atoms with van der Waals surface area (Å²) in [5, 5.41) is 5.99. The Balaban J connectivity index is 1.65. The summed E-state index contributed by atoms with van der Waals surface area (Å²) in [6.45, 7) is 1.35. The SMILES string of the molecule is Nc1cc(F)c(-c2c(F)cccc2F)nc1C(=O)Nc1cnsc1OC1CNC1. The summed E-state index contributed by atoms with van der Waals surface area (Å²) < 4.78 is 52.1. The first-order valence-corrected chi connectivity index (χ1v) is 9.25. The Kier molecular flexibility index (Phi) is 5.07. The molecule has 0 spiro atoms. The van der Waals surface area contributed by atoms with Crippen LogP contribution in [0.3, 0.4) is 0 Å². The number of ether oxygens (including phenoxy) is 1. The average Bonchev–Trinajstić information content (AvgIpc) is 3.06. The topological polar surface area (TPSA) is 102 Å². The second kappa shape index (κ2) is 7.68. The predicted molar refractivity (Wildman–Crippen MR) is 101 cm³/mol. The molecular formula is C18H14F3N5O2S. The van der Waals surface area contributed by atoms with E-state index >= 15 is 0 Å². The highest BCUT2D eigenvalue weighted by Crippen LogP contribution is 2.32. The van der Waals surface area contributed by atoms with Crippen molar-refractivity contribution >= 4 is 28.8 Å². The third kappa shape index (κ3) is 3.74. The summed E-state index contributed by atoms with van der Waals surface area (Å²) in [7, 11) is 0. The van der Waals surface area contributed by atoms with Gasteiger partial charge >= 0.3 is 0 Å². The third-order valence-corrected chi connectivity index (χ3v) is 4.92. The van der Waals surface area contributed by atoms with Gasteiger partial charge in [-0.3, -0.25) is 4.79 Å². The van der Waals surface area contributed by atoms with Gasteiger partial charge in [0.1, 0.15) is 29.1 Å². The van der Waals surface area contributed by atoms with E-state index in [1.54, 1.807) is 0 Å². The predicted octanol–water partition coefficient (Wildman–Crippen LogP) is 2.81. The number of rotatable bonds is 5. The van der Waals surface area contributed by atoms with Crippen molar-refractivity contribution in [3.63, 3.8) is 0 Å². The number of hydrogen-bond donors (Lipinski definition) is 3. The van der Waals surface area contributed by atoms with Gasteiger partial charge in [0.25, 0.3) is 5.91 Å². The molecule has 0 saturated carbocycles. The first-order chi connectivity index (χ1) is 13.9. The van der Waals surface area contributed by atoms with Gasteiger partial charge < -0.3 is 21.1 Å². The van der Waals surface area contributed by atoms with Crippen molar-refractivity contribution in [3.8, 4) is 16.3 Å². The third-order valence-electron chi connectivity index (χ3n) is 4.22. The van der Waals surface area contributed by atoms with Crippen LogP contribution in [0.5, 0.6) is 5.06 Å². The molecule has 0 atom stereocenters. The Bertz CT molecular complexity index is 1070. The minimum atomic E-state index is -1.05. The van der Waals surface area contributed by atoms with Crippen molar-refractivity contribution in [3.05, 3.63) is 53.6 Å². The van der Waals surface area contributed by atoms with Gasteiger partial charge in [-0.05, 0) is 12.1 Å². The highest BCUT2D eigenvalue weighted by atomic mass is 32.1. The van der Waals surface area contributed by atoms with E-state index in [-0.39, 0.29) is 23.2 Å². The van der Waals surface area contributed by atoms with E-state index in [0.717, 1.165) is 35.8 Å². The van der Waals surface area contributed by atoms with Crippen molar-refractivity contribution in [2.24, 2.45) is 0 Å². The molecule has 0 aliphatic carbocycles. The van der Waals surface area contributed by atoms with E-state index in [1.165, 1.54) is 6.20 Å². The van der Waals surface area contributed by atoms with Gasteiger partial charge in [0.15, 0.2) is 11.5 Å². The Morgan fingerprint density at radius 1 is 1.24 bits per heavy atom. The summed E-state index contributed by atoms with van der Waals surface area (Å²) in [5.41, 5.74) is 4.01. The molecular weight excluding hydrogens is 407 g/mol. The smallest absolute Gasteiger partial charge is 0.276 e. The molecule has 0 bridgehead atoms. The van der Waals surface area contributed by atoms with Crippen molar-refractivity contribution in [2.75, 3.05) is 24.1 Å². The fourth-order valence-electron chi connectivity index (χ4n) is 2.66. The van der Waals surface area contributed by atoms with Crippen molar-refractivity contribution in [1.82, 2.24) is 14.7 Å². The van der Waals surface area contributed by atoms with Gasteiger partial charge in [-0.25, -0.2) is 18.2 Å². The first kappa shape index (κ1) is 19.2. The lowest BCUT2D eigenvalue weighted by molar-refractivity contribution is 0.102. The maximum atomic E-state index is 14.3. The quantitative estimate of drug-likeness (QED) is 0.586. The fraction of sp³-hybridized carbons (Fsp3) is 0.167. The fourth-order valence-corrected chi connectivity index (χ4v) is 3.29. The van der Waals surface area contributed by atoms with Gasteiger partial charge in [-0.1, -0.05) is 6.07 Å². The molecule has 1 aliphatic rings. The van der Waals surface area contributed by atoms with Gasteiger partial charge in [0.05, 0.1) is 17.4 Å². The molecule has 4 rings (SSSR count). The maximum absolute atomic E-state index is 14.3. The molecule has 1 fully saturated rings. The normalized spacial score (nSPS) is 13.8. The lowest BCUT2D eigenvalue weighted by atomic mass is 10.1. The van der Waals surface area contributed by atoms with Crippen LogP contribution in [0.4, 0.5) is 24.5 Å². The molecule has 1 aromatic carbocycles. The molecule has 0 radical (unpaired) electrons. The van der Waals surface area contributed by atoms with Gasteiger partial charge in [0.2, 0.25) is 5.06 Å². The second-order valence-electron chi connectivity index (χ2n) is 6.23. The number of carbonyl (C=O) groups excluding carboxylic acids is 1. The molecule has 0 unspecified atom stereocenters. The molecule has 1 saturated heterocycles. The highest BCUT2D eigenvalue weighted by molar-refractivity contribution is 7.08. The number of nitrogen functional groups attached to an aromatic ring is 1. The number of nitrogens with two attached hydrogens (primary N) is 1. The number of aromatic nitrogens is 2. The van der Waals surface area contributed by atoms with Crippen LogP contribution < -0.4 is 21.1 Å². The molecule has 1 amide bonds. The van der Waals surface area contributed by atoms with Crippen molar-refractivity contribution < 1.29 is 22.7 Å². The summed E-state index contributed by atoms with van der Waals surface area (Å²) in [5.74, 6) is -3.88. The van der Waals surface area contributed by atoms with Gasteiger partial charge in [0, 0.05) is 30.7 Å². The number of benzene rings is 1. The second-order valence-corrected chi connectivity index (χ2v) is 7.00. The minimum Gasteiger partial charge on any atom is -0.475 e. The first-order valence-electron chi connectivity index (χ1n) is 8.48. The van der Waals surface area contributed by atoms with Crippen LogP contribution in [0.25, 0.3) is 11.3 Å². The zero-order valence-corrected chi connectivity index (χ0v) is 15.5. The van der Waals surface area contributed by atoms with Crippen LogP contribution >= 0.6 is 11.5 Å². The Morgan fingerprint density at radius 2 is 1.97 bits per heavy atom. The van der Waals surface area contributed by atoms with E-state index < -0.39 is 34.6 Å². The van der Waals surface area contributed by atoms with E-state index in [0.29, 0.717) is 18.2 Å². The molecule has 2 aromatic heterocycles. The van der Waals surface area contributed by atoms with Crippen LogP contribution in [0.15, 0.2) is 30.5 Å². The monoisotopic (exact) mass is 421 g/mol. The summed E-state index contributed by atoms with van der Waals surface area (Å²) in [6.07, 6.45) is 1.36. The highest BCUT2D eigenvalue weighted by Gasteiger charge is 2.24. The number of amides is 1. The summed E-state index contributed by atoms with van der Waals surface area (Å²) >= 11 is 1.05. The van der Waals surface area contributed by atoms with Gasteiger partial charge in [-0.15, -0.1) is 0 Å². The lowest BCUT2D eigenvalue weighted by Crippen LogP contribution is -2.50. The van der Waals surface area contributed by atoms with E-state index in [2.05, 4.69) is 20.0 Å².